The van der Waals surface area contributed by atoms with E-state index >= 15 is 0 Å². The molecule has 1 atom stereocenters. The molecule has 1 amide bonds. The number of amides is 1. The van der Waals surface area contributed by atoms with Gasteiger partial charge in [-0.1, -0.05) is 12.2 Å². The number of hydrogen-bond acceptors (Lipinski definition) is 3. The topological polar surface area (TPSA) is 64.3 Å². The van der Waals surface area contributed by atoms with E-state index in [0.29, 0.717) is 0 Å². The maximum absolute atomic E-state index is 11.6. The summed E-state index contributed by atoms with van der Waals surface area (Å²) in [6.07, 6.45) is -4.44. The summed E-state index contributed by atoms with van der Waals surface area (Å²) in [5, 5.41) is 2.27. The van der Waals surface area contributed by atoms with Gasteiger partial charge in [-0.25, -0.2) is 0 Å². The van der Waals surface area contributed by atoms with Gasteiger partial charge >= 0.3 is 6.18 Å². The molecule has 0 saturated carbocycles. The van der Waals surface area contributed by atoms with E-state index in [1.165, 1.54) is 6.92 Å². The van der Waals surface area contributed by atoms with Gasteiger partial charge < -0.3 is 15.8 Å². The second-order valence-corrected chi connectivity index (χ2v) is 3.27. The fourth-order valence-corrected chi connectivity index (χ4v) is 0.673. The van der Waals surface area contributed by atoms with Gasteiger partial charge in [0.15, 0.2) is 0 Å². The number of ether oxygens (including phenoxy) is 1. The Morgan fingerprint density at radius 1 is 1.60 bits per heavy atom. The third kappa shape index (κ3) is 8.13. The fourth-order valence-electron chi connectivity index (χ4n) is 0.614. The summed E-state index contributed by atoms with van der Waals surface area (Å²) in [7, 11) is 0. The summed E-state index contributed by atoms with van der Waals surface area (Å²) in [4.78, 5) is 11.0. The van der Waals surface area contributed by atoms with E-state index in [9.17, 15) is 18.0 Å². The maximum Gasteiger partial charge on any atom is 0.411 e. The van der Waals surface area contributed by atoms with Gasteiger partial charge in [0.2, 0.25) is 5.91 Å². The second-order valence-electron chi connectivity index (χ2n) is 2.80. The lowest BCUT2D eigenvalue weighted by Crippen LogP contribution is -2.43. The average molecular weight is 244 g/mol. The van der Waals surface area contributed by atoms with Crippen LogP contribution in [0.3, 0.4) is 0 Å². The summed E-state index contributed by atoms with van der Waals surface area (Å²) in [5.74, 6) is -0.695. The molecule has 0 bridgehead atoms. The number of halogens is 3. The molecule has 88 valence electrons. The number of nitrogens with two attached hydrogens (primary N) is 1. The molecule has 0 aliphatic rings. The quantitative estimate of drug-likeness (QED) is 0.685. The van der Waals surface area contributed by atoms with Crippen LogP contribution in [0.15, 0.2) is 0 Å². The fraction of sp³-hybridized carbons (Fsp3) is 0.714. The largest absolute Gasteiger partial charge is 0.411 e. The smallest absolute Gasteiger partial charge is 0.392 e. The van der Waals surface area contributed by atoms with E-state index in [0.717, 1.165) is 0 Å². The maximum atomic E-state index is 11.6. The molecule has 0 fully saturated rings. The minimum absolute atomic E-state index is 0.0548. The Balaban J connectivity index is 3.72. The number of nitrogens with one attached hydrogen (secondary N) is 1. The highest BCUT2D eigenvalue weighted by atomic mass is 32.1. The first-order valence-corrected chi connectivity index (χ1v) is 4.36. The van der Waals surface area contributed by atoms with Gasteiger partial charge in [0, 0.05) is 0 Å². The van der Waals surface area contributed by atoms with Crippen LogP contribution in [-0.4, -0.2) is 36.3 Å². The van der Waals surface area contributed by atoms with Gasteiger partial charge in [0.25, 0.3) is 0 Å². The third-order valence-corrected chi connectivity index (χ3v) is 1.66. The van der Waals surface area contributed by atoms with Crippen LogP contribution in [0.1, 0.15) is 6.92 Å². The Hall–Kier alpha value is -0.890. The molecule has 0 aromatic rings. The van der Waals surface area contributed by atoms with E-state index in [-0.39, 0.29) is 4.99 Å². The predicted molar refractivity (Wildman–Crippen MR) is 51.3 cm³/mol. The van der Waals surface area contributed by atoms with Gasteiger partial charge in [-0.2, -0.15) is 13.2 Å². The first kappa shape index (κ1) is 14.1. The number of alkyl halides is 3. The second kappa shape index (κ2) is 5.86. The summed E-state index contributed by atoms with van der Waals surface area (Å²) in [6, 6.07) is -0.568. The van der Waals surface area contributed by atoms with Crippen LogP contribution in [0.5, 0.6) is 0 Å². The molecule has 8 heteroatoms. The van der Waals surface area contributed by atoms with E-state index in [4.69, 9.17) is 5.73 Å². The van der Waals surface area contributed by atoms with Crippen molar-refractivity contribution in [2.75, 3.05) is 13.2 Å². The SMILES string of the molecule is CC(NC(=O)COCC(F)(F)F)C(N)=S. The van der Waals surface area contributed by atoms with E-state index in [1.807, 2.05) is 0 Å². The Labute approximate surface area is 89.9 Å². The summed E-state index contributed by atoms with van der Waals surface area (Å²) < 4.78 is 38.9. The number of thiocarbonyl (C=S) groups is 1. The van der Waals surface area contributed by atoms with Crippen molar-refractivity contribution in [2.45, 2.75) is 19.1 Å². The van der Waals surface area contributed by atoms with Crippen molar-refractivity contribution in [1.82, 2.24) is 5.32 Å². The molecule has 0 spiro atoms. The minimum Gasteiger partial charge on any atom is -0.392 e. The van der Waals surface area contributed by atoms with Crippen molar-refractivity contribution < 1.29 is 22.7 Å². The van der Waals surface area contributed by atoms with Crippen LogP contribution < -0.4 is 11.1 Å². The number of hydrogen-bond donors (Lipinski definition) is 2. The first-order valence-electron chi connectivity index (χ1n) is 3.95. The highest BCUT2D eigenvalue weighted by Gasteiger charge is 2.27. The average Bonchev–Trinajstić information content (AvgIpc) is 2.01. The Kier molecular flexibility index (Phi) is 5.51. The number of carbonyl (C=O) groups excluding carboxylic acids is 1. The van der Waals surface area contributed by atoms with E-state index in [2.05, 4.69) is 22.3 Å². The van der Waals surface area contributed by atoms with Crippen LogP contribution in [0.2, 0.25) is 0 Å². The molecule has 0 aromatic carbocycles. The number of carbonyl (C=O) groups is 1. The lowest BCUT2D eigenvalue weighted by Gasteiger charge is -2.12. The summed E-state index contributed by atoms with van der Waals surface area (Å²) in [5.41, 5.74) is 5.18. The highest BCUT2D eigenvalue weighted by Crippen LogP contribution is 2.13. The summed E-state index contributed by atoms with van der Waals surface area (Å²) in [6.45, 7) is -0.613. The van der Waals surface area contributed by atoms with Crippen LogP contribution in [0.4, 0.5) is 13.2 Å². The summed E-state index contributed by atoms with van der Waals surface area (Å²) >= 11 is 4.55. The molecule has 0 saturated heterocycles. The van der Waals surface area contributed by atoms with Crippen molar-refractivity contribution in [3.63, 3.8) is 0 Å². The molecule has 0 aliphatic heterocycles. The number of rotatable bonds is 5. The van der Waals surface area contributed by atoms with Gasteiger partial charge in [0.1, 0.15) is 13.2 Å². The highest BCUT2D eigenvalue weighted by molar-refractivity contribution is 7.80. The van der Waals surface area contributed by atoms with Crippen LogP contribution in [0, 0.1) is 0 Å². The van der Waals surface area contributed by atoms with Gasteiger partial charge in [-0.05, 0) is 6.92 Å². The van der Waals surface area contributed by atoms with Crippen molar-refractivity contribution in [2.24, 2.45) is 5.73 Å². The molecule has 0 aromatic heterocycles. The monoisotopic (exact) mass is 244 g/mol. The van der Waals surface area contributed by atoms with Crippen molar-refractivity contribution >= 4 is 23.1 Å². The molecule has 4 nitrogen and oxygen atoms in total. The molecule has 0 aliphatic carbocycles. The molecular formula is C7H11F3N2O2S. The Bertz CT molecular complexity index is 245. The minimum atomic E-state index is -4.44. The molecule has 15 heavy (non-hydrogen) atoms. The van der Waals surface area contributed by atoms with Crippen LogP contribution >= 0.6 is 12.2 Å². The zero-order chi connectivity index (χ0) is 12.1. The van der Waals surface area contributed by atoms with Crippen LogP contribution in [0.25, 0.3) is 0 Å². The first-order chi connectivity index (χ1) is 6.72. The Morgan fingerprint density at radius 2 is 2.13 bits per heavy atom. The third-order valence-electron chi connectivity index (χ3n) is 1.30. The van der Waals surface area contributed by atoms with E-state index in [1.54, 1.807) is 0 Å². The molecule has 0 radical (unpaired) electrons. The zero-order valence-corrected chi connectivity index (χ0v) is 8.74. The normalized spacial score (nSPS) is 13.3. The molecule has 0 heterocycles. The van der Waals surface area contributed by atoms with Gasteiger partial charge in [0.05, 0.1) is 11.0 Å². The molecular weight excluding hydrogens is 233 g/mol. The van der Waals surface area contributed by atoms with Gasteiger partial charge in [-0.15, -0.1) is 0 Å². The Morgan fingerprint density at radius 3 is 2.53 bits per heavy atom. The zero-order valence-electron chi connectivity index (χ0n) is 7.93. The standard InChI is InChI=1S/C7H11F3N2O2S/c1-4(6(11)15)12-5(13)2-14-3-7(8,9)10/h4H,2-3H2,1H3,(H2,11,15)(H,12,13). The molecule has 1 unspecified atom stereocenters. The van der Waals surface area contributed by atoms with Crippen molar-refractivity contribution in [1.29, 1.82) is 0 Å². The molecule has 3 N–H and O–H groups in total. The van der Waals surface area contributed by atoms with Crippen molar-refractivity contribution in [3.8, 4) is 0 Å². The predicted octanol–water partition coefficient (Wildman–Crippen LogP) is 0.356. The lowest BCUT2D eigenvalue weighted by molar-refractivity contribution is -0.175. The van der Waals surface area contributed by atoms with E-state index < -0.39 is 31.3 Å². The molecule has 0 rings (SSSR count). The van der Waals surface area contributed by atoms with Crippen LogP contribution in [-0.2, 0) is 9.53 Å². The van der Waals surface area contributed by atoms with Crippen molar-refractivity contribution in [3.05, 3.63) is 0 Å². The lowest BCUT2D eigenvalue weighted by atomic mass is 10.3. The van der Waals surface area contributed by atoms with Gasteiger partial charge in [-0.3, -0.25) is 4.79 Å².